The van der Waals surface area contributed by atoms with Gasteiger partial charge in [0.25, 0.3) is 0 Å². The van der Waals surface area contributed by atoms with Crippen LogP contribution in [0.15, 0.2) is 41.4 Å². The summed E-state index contributed by atoms with van der Waals surface area (Å²) in [6.07, 6.45) is 2.59. The summed E-state index contributed by atoms with van der Waals surface area (Å²) < 4.78 is 22.6. The molecule has 0 saturated heterocycles. The molecule has 16 heavy (non-hydrogen) atoms. The molecule has 0 bridgehead atoms. The van der Waals surface area contributed by atoms with E-state index in [4.69, 9.17) is 0 Å². The van der Waals surface area contributed by atoms with Gasteiger partial charge in [0.1, 0.15) is 5.75 Å². The third kappa shape index (κ3) is 2.09. The van der Waals surface area contributed by atoms with Gasteiger partial charge in [-0.2, -0.15) is 0 Å². The highest BCUT2D eigenvalue weighted by atomic mass is 32.2. The first-order valence-electron chi connectivity index (χ1n) is 4.65. The summed E-state index contributed by atoms with van der Waals surface area (Å²) in [6.45, 7) is 0. The lowest BCUT2D eigenvalue weighted by Gasteiger charge is -1.97. The summed E-state index contributed by atoms with van der Waals surface area (Å²) in [5.41, 5.74) is 1.41. The molecule has 0 spiro atoms. The van der Waals surface area contributed by atoms with E-state index in [0.29, 0.717) is 5.69 Å². The maximum Gasteiger partial charge on any atom is 0.177 e. The number of H-pyrrole nitrogens is 1. The molecule has 0 aliphatic rings. The predicted molar refractivity (Wildman–Crippen MR) is 61.0 cm³/mol. The van der Waals surface area contributed by atoms with Crippen molar-refractivity contribution >= 4 is 9.84 Å². The fourth-order valence-electron chi connectivity index (χ4n) is 1.43. The number of sulfone groups is 1. The van der Waals surface area contributed by atoms with Crippen molar-refractivity contribution in [2.75, 3.05) is 6.26 Å². The zero-order valence-electron chi connectivity index (χ0n) is 8.64. The Morgan fingerprint density at radius 2 is 2.00 bits per heavy atom. The Kier molecular flexibility index (Phi) is 2.47. The third-order valence-electron chi connectivity index (χ3n) is 2.24. The quantitative estimate of drug-likeness (QED) is 0.836. The van der Waals surface area contributed by atoms with Crippen LogP contribution in [-0.4, -0.2) is 24.8 Å². The fraction of sp³-hybridized carbons (Fsp3) is 0.0909. The highest BCUT2D eigenvalue weighted by Crippen LogP contribution is 2.24. The smallest absolute Gasteiger partial charge is 0.177 e. The van der Waals surface area contributed by atoms with Crippen molar-refractivity contribution in [1.29, 1.82) is 0 Å². The van der Waals surface area contributed by atoms with Crippen LogP contribution in [0.25, 0.3) is 11.3 Å². The van der Waals surface area contributed by atoms with Crippen LogP contribution in [0.4, 0.5) is 0 Å². The van der Waals surface area contributed by atoms with Crippen LogP contribution in [0.1, 0.15) is 0 Å². The zero-order chi connectivity index (χ0) is 11.8. The molecule has 0 unspecified atom stereocenters. The molecule has 0 atom stereocenters. The molecule has 0 aliphatic carbocycles. The molecule has 0 saturated carbocycles. The van der Waals surface area contributed by atoms with Gasteiger partial charge in [-0.05, 0) is 18.2 Å². The number of aromatic hydroxyl groups is 1. The van der Waals surface area contributed by atoms with Crippen molar-refractivity contribution in [3.63, 3.8) is 0 Å². The Bertz CT molecular complexity index is 614. The SMILES string of the molecule is CS(=O)(=O)c1c[nH]c(-c2cccc(O)c2)c1. The van der Waals surface area contributed by atoms with Crippen LogP contribution in [0, 0.1) is 0 Å². The Balaban J connectivity index is 2.47. The Hall–Kier alpha value is -1.75. The van der Waals surface area contributed by atoms with E-state index in [1.54, 1.807) is 30.3 Å². The maximum absolute atomic E-state index is 11.3. The summed E-state index contributed by atoms with van der Waals surface area (Å²) in [7, 11) is -3.19. The molecule has 0 amide bonds. The molecule has 1 aromatic heterocycles. The van der Waals surface area contributed by atoms with Crippen molar-refractivity contribution in [3.05, 3.63) is 36.5 Å². The number of phenolic OH excluding ortho intramolecular Hbond substituents is 1. The second-order valence-electron chi connectivity index (χ2n) is 3.57. The monoisotopic (exact) mass is 237 g/mol. The molecule has 84 valence electrons. The molecule has 2 N–H and O–H groups in total. The normalized spacial score (nSPS) is 11.6. The first-order chi connectivity index (χ1) is 7.47. The Morgan fingerprint density at radius 1 is 1.25 bits per heavy atom. The van der Waals surface area contributed by atoms with Gasteiger partial charge in [0, 0.05) is 23.7 Å². The largest absolute Gasteiger partial charge is 0.508 e. The van der Waals surface area contributed by atoms with Crippen molar-refractivity contribution in [2.24, 2.45) is 0 Å². The number of aromatic nitrogens is 1. The van der Waals surface area contributed by atoms with Gasteiger partial charge in [-0.1, -0.05) is 12.1 Å². The molecule has 1 heterocycles. The maximum atomic E-state index is 11.3. The van der Waals surface area contributed by atoms with Crippen LogP contribution < -0.4 is 0 Å². The van der Waals surface area contributed by atoms with E-state index in [1.165, 1.54) is 6.20 Å². The third-order valence-corrected chi connectivity index (χ3v) is 3.33. The lowest BCUT2D eigenvalue weighted by molar-refractivity contribution is 0.475. The molecule has 0 fully saturated rings. The summed E-state index contributed by atoms with van der Waals surface area (Å²) in [4.78, 5) is 3.11. The molecule has 2 aromatic rings. The summed E-state index contributed by atoms with van der Waals surface area (Å²) >= 11 is 0. The molecular formula is C11H11NO3S. The van der Waals surface area contributed by atoms with Crippen molar-refractivity contribution in [1.82, 2.24) is 4.98 Å². The first-order valence-corrected chi connectivity index (χ1v) is 6.54. The van der Waals surface area contributed by atoms with Crippen LogP contribution in [-0.2, 0) is 9.84 Å². The number of nitrogens with one attached hydrogen (secondary N) is 1. The van der Waals surface area contributed by atoms with Crippen LogP contribution in [0.3, 0.4) is 0 Å². The van der Waals surface area contributed by atoms with E-state index in [9.17, 15) is 13.5 Å². The summed E-state index contributed by atoms with van der Waals surface area (Å²) in [5.74, 6) is 0.146. The number of hydrogen-bond acceptors (Lipinski definition) is 3. The van der Waals surface area contributed by atoms with Gasteiger partial charge in [0.15, 0.2) is 9.84 Å². The molecule has 1 aromatic carbocycles. The lowest BCUT2D eigenvalue weighted by atomic mass is 10.1. The van der Waals surface area contributed by atoms with Crippen molar-refractivity contribution < 1.29 is 13.5 Å². The van der Waals surface area contributed by atoms with E-state index < -0.39 is 9.84 Å². The number of hydrogen-bond donors (Lipinski definition) is 2. The van der Waals surface area contributed by atoms with Crippen LogP contribution in [0.5, 0.6) is 5.75 Å². The van der Waals surface area contributed by atoms with Crippen LogP contribution >= 0.6 is 0 Å². The molecule has 4 nitrogen and oxygen atoms in total. The predicted octanol–water partition coefficient (Wildman–Crippen LogP) is 1.79. The van der Waals surface area contributed by atoms with Gasteiger partial charge in [0.2, 0.25) is 0 Å². The standard InChI is InChI=1S/C11H11NO3S/c1-16(14,15)10-6-11(12-7-10)8-3-2-4-9(13)5-8/h2-7,12-13H,1H3. The number of phenols is 1. The number of benzene rings is 1. The van der Waals surface area contributed by atoms with Gasteiger partial charge in [-0.25, -0.2) is 8.42 Å². The fourth-order valence-corrected chi connectivity index (χ4v) is 2.03. The van der Waals surface area contributed by atoms with E-state index >= 15 is 0 Å². The van der Waals surface area contributed by atoms with Gasteiger partial charge in [-0.3, -0.25) is 0 Å². The van der Waals surface area contributed by atoms with E-state index in [1.807, 2.05) is 0 Å². The molecule has 0 aliphatic heterocycles. The zero-order valence-corrected chi connectivity index (χ0v) is 9.45. The van der Waals surface area contributed by atoms with Gasteiger partial charge in [-0.15, -0.1) is 0 Å². The van der Waals surface area contributed by atoms with E-state index in [0.717, 1.165) is 11.8 Å². The van der Waals surface area contributed by atoms with Crippen LogP contribution in [0.2, 0.25) is 0 Å². The molecular weight excluding hydrogens is 226 g/mol. The number of rotatable bonds is 2. The minimum Gasteiger partial charge on any atom is -0.508 e. The average molecular weight is 237 g/mol. The second-order valence-corrected chi connectivity index (χ2v) is 5.59. The molecule has 0 radical (unpaired) electrons. The number of aromatic amines is 1. The van der Waals surface area contributed by atoms with E-state index in [-0.39, 0.29) is 10.6 Å². The summed E-state index contributed by atoms with van der Waals surface area (Å²) in [5, 5.41) is 9.31. The average Bonchev–Trinajstić information content (AvgIpc) is 2.65. The Morgan fingerprint density at radius 3 is 2.56 bits per heavy atom. The molecule has 2 rings (SSSR count). The van der Waals surface area contributed by atoms with Gasteiger partial charge in [0.05, 0.1) is 4.90 Å². The minimum absolute atomic E-state index is 0.146. The van der Waals surface area contributed by atoms with Crippen molar-refractivity contribution in [3.8, 4) is 17.0 Å². The van der Waals surface area contributed by atoms with Gasteiger partial charge >= 0.3 is 0 Å². The molecule has 5 heteroatoms. The summed E-state index contributed by atoms with van der Waals surface area (Å²) in [6, 6.07) is 8.16. The lowest BCUT2D eigenvalue weighted by Crippen LogP contribution is -1.93. The highest BCUT2D eigenvalue weighted by Gasteiger charge is 2.10. The highest BCUT2D eigenvalue weighted by molar-refractivity contribution is 7.90. The topological polar surface area (TPSA) is 70.2 Å². The Labute approximate surface area is 93.5 Å². The minimum atomic E-state index is -3.19. The second kappa shape index (κ2) is 3.68. The van der Waals surface area contributed by atoms with E-state index in [2.05, 4.69) is 4.98 Å². The van der Waals surface area contributed by atoms with Gasteiger partial charge < -0.3 is 10.1 Å². The first kappa shape index (κ1) is 10.8. The van der Waals surface area contributed by atoms with Crippen molar-refractivity contribution in [2.45, 2.75) is 4.90 Å².